The number of nitriles is 1. The highest BCUT2D eigenvalue weighted by molar-refractivity contribution is 5.94. The maximum absolute atomic E-state index is 12.1. The van der Waals surface area contributed by atoms with E-state index in [9.17, 15) is 9.90 Å². The molecule has 5 heteroatoms. The van der Waals surface area contributed by atoms with E-state index in [0.717, 1.165) is 0 Å². The molecule has 1 fully saturated rings. The first-order valence-electron chi connectivity index (χ1n) is 6.20. The van der Waals surface area contributed by atoms with E-state index >= 15 is 0 Å². The molecule has 0 aromatic heterocycles. The van der Waals surface area contributed by atoms with Crippen LogP contribution in [0.2, 0.25) is 0 Å². The van der Waals surface area contributed by atoms with Crippen molar-refractivity contribution in [1.82, 2.24) is 5.32 Å². The Balaban J connectivity index is 2.08. The number of carbonyl (C=O) groups excluding carboxylic acids is 1. The van der Waals surface area contributed by atoms with Gasteiger partial charge in [-0.15, -0.1) is 0 Å². The quantitative estimate of drug-likeness (QED) is 0.843. The van der Waals surface area contributed by atoms with Crippen LogP contribution in [0.1, 0.15) is 28.8 Å². The van der Waals surface area contributed by atoms with Gasteiger partial charge < -0.3 is 15.2 Å². The molecule has 19 heavy (non-hydrogen) atoms. The van der Waals surface area contributed by atoms with Gasteiger partial charge in [0.05, 0.1) is 23.8 Å². The maximum atomic E-state index is 12.1. The lowest BCUT2D eigenvalue weighted by molar-refractivity contribution is 0.0125. The highest BCUT2D eigenvalue weighted by Gasteiger charge is 2.33. The van der Waals surface area contributed by atoms with Crippen LogP contribution in [0.15, 0.2) is 24.3 Å². The zero-order chi connectivity index (χ0) is 13.7. The number of nitrogens with one attached hydrogen (secondary N) is 1. The molecular formula is C14H16N2O3. The predicted octanol–water partition coefficient (Wildman–Crippen LogP) is 0.830. The van der Waals surface area contributed by atoms with Crippen molar-refractivity contribution >= 4 is 5.91 Å². The Kier molecular flexibility index (Phi) is 4.15. The Morgan fingerprint density at radius 2 is 2.00 bits per heavy atom. The number of hydrogen-bond donors (Lipinski definition) is 2. The van der Waals surface area contributed by atoms with Gasteiger partial charge in [0.25, 0.3) is 5.91 Å². The second-order valence-electron chi connectivity index (χ2n) is 4.69. The van der Waals surface area contributed by atoms with E-state index in [1.807, 2.05) is 6.07 Å². The molecule has 0 atom stereocenters. The van der Waals surface area contributed by atoms with Gasteiger partial charge in [-0.05, 0) is 37.1 Å². The molecule has 1 aliphatic heterocycles. The highest BCUT2D eigenvalue weighted by atomic mass is 16.5. The molecule has 2 rings (SSSR count). The van der Waals surface area contributed by atoms with Gasteiger partial charge in [-0.25, -0.2) is 0 Å². The van der Waals surface area contributed by atoms with Crippen molar-refractivity contribution < 1.29 is 14.6 Å². The van der Waals surface area contributed by atoms with Gasteiger partial charge in [0, 0.05) is 18.8 Å². The summed E-state index contributed by atoms with van der Waals surface area (Å²) in [5.74, 6) is -0.236. The van der Waals surface area contributed by atoms with E-state index < -0.39 is 5.54 Å². The van der Waals surface area contributed by atoms with Gasteiger partial charge in [-0.1, -0.05) is 0 Å². The summed E-state index contributed by atoms with van der Waals surface area (Å²) in [7, 11) is 0. The SMILES string of the molecule is N#Cc1ccc(C(=O)NC2(CO)CCOCC2)cc1. The molecule has 1 heterocycles. The van der Waals surface area contributed by atoms with Crippen molar-refractivity contribution in [3.63, 3.8) is 0 Å². The van der Waals surface area contributed by atoms with Crippen LogP contribution in [0.25, 0.3) is 0 Å². The fourth-order valence-electron chi connectivity index (χ4n) is 2.09. The molecule has 1 aromatic rings. The molecular weight excluding hydrogens is 244 g/mol. The van der Waals surface area contributed by atoms with Crippen molar-refractivity contribution in [3.05, 3.63) is 35.4 Å². The smallest absolute Gasteiger partial charge is 0.251 e. The fourth-order valence-corrected chi connectivity index (χ4v) is 2.09. The van der Waals surface area contributed by atoms with Crippen LogP contribution >= 0.6 is 0 Å². The molecule has 0 aliphatic carbocycles. The summed E-state index contributed by atoms with van der Waals surface area (Å²) in [4.78, 5) is 12.1. The molecule has 1 aromatic carbocycles. The Bertz CT molecular complexity index is 484. The van der Waals surface area contributed by atoms with E-state index in [0.29, 0.717) is 37.2 Å². The topological polar surface area (TPSA) is 82.4 Å². The lowest BCUT2D eigenvalue weighted by Crippen LogP contribution is -2.54. The number of rotatable bonds is 3. The van der Waals surface area contributed by atoms with E-state index in [1.54, 1.807) is 24.3 Å². The van der Waals surface area contributed by atoms with Gasteiger partial charge in [0.2, 0.25) is 0 Å². The number of carbonyl (C=O) groups is 1. The first-order chi connectivity index (χ1) is 9.19. The monoisotopic (exact) mass is 260 g/mol. The van der Waals surface area contributed by atoms with Gasteiger partial charge in [0.15, 0.2) is 0 Å². The molecule has 0 spiro atoms. The minimum Gasteiger partial charge on any atom is -0.394 e. The summed E-state index contributed by atoms with van der Waals surface area (Å²) in [6.45, 7) is 0.973. The van der Waals surface area contributed by atoms with E-state index in [2.05, 4.69) is 5.32 Å². The summed E-state index contributed by atoms with van der Waals surface area (Å²) in [6, 6.07) is 8.43. The maximum Gasteiger partial charge on any atom is 0.251 e. The van der Waals surface area contributed by atoms with Crippen molar-refractivity contribution in [2.24, 2.45) is 0 Å². The zero-order valence-corrected chi connectivity index (χ0v) is 10.6. The molecule has 1 aliphatic rings. The predicted molar refractivity (Wildman–Crippen MR) is 68.5 cm³/mol. The van der Waals surface area contributed by atoms with Crippen molar-refractivity contribution in [1.29, 1.82) is 5.26 Å². The van der Waals surface area contributed by atoms with Crippen molar-refractivity contribution in [2.75, 3.05) is 19.8 Å². The third-order valence-electron chi connectivity index (χ3n) is 3.41. The minimum absolute atomic E-state index is 0.0988. The average molecular weight is 260 g/mol. The average Bonchev–Trinajstić information content (AvgIpc) is 2.48. The normalized spacial score (nSPS) is 17.5. The summed E-state index contributed by atoms with van der Waals surface area (Å²) in [5, 5.41) is 21.1. The fraction of sp³-hybridized carbons (Fsp3) is 0.429. The van der Waals surface area contributed by atoms with Crippen LogP contribution in [-0.4, -0.2) is 36.4 Å². The molecule has 1 amide bonds. The van der Waals surface area contributed by atoms with Crippen LogP contribution in [0.3, 0.4) is 0 Å². The van der Waals surface area contributed by atoms with Crippen LogP contribution in [0, 0.1) is 11.3 Å². The highest BCUT2D eigenvalue weighted by Crippen LogP contribution is 2.20. The Labute approximate surface area is 111 Å². The van der Waals surface area contributed by atoms with Crippen LogP contribution in [0.5, 0.6) is 0 Å². The lowest BCUT2D eigenvalue weighted by atomic mass is 9.90. The number of nitrogens with zero attached hydrogens (tertiary/aromatic N) is 1. The van der Waals surface area contributed by atoms with Gasteiger partial charge in [-0.2, -0.15) is 5.26 Å². The van der Waals surface area contributed by atoms with Crippen LogP contribution in [-0.2, 0) is 4.74 Å². The second kappa shape index (κ2) is 5.83. The Hall–Kier alpha value is -1.90. The van der Waals surface area contributed by atoms with E-state index in [-0.39, 0.29) is 12.5 Å². The third kappa shape index (κ3) is 3.11. The minimum atomic E-state index is -0.594. The summed E-state index contributed by atoms with van der Waals surface area (Å²) >= 11 is 0. The van der Waals surface area contributed by atoms with Gasteiger partial charge in [-0.3, -0.25) is 4.79 Å². The number of hydrogen-bond acceptors (Lipinski definition) is 4. The molecule has 100 valence electrons. The van der Waals surface area contributed by atoms with Crippen LogP contribution in [0.4, 0.5) is 0 Å². The lowest BCUT2D eigenvalue weighted by Gasteiger charge is -2.36. The summed E-state index contributed by atoms with van der Waals surface area (Å²) in [6.07, 6.45) is 1.21. The van der Waals surface area contributed by atoms with Crippen molar-refractivity contribution in [3.8, 4) is 6.07 Å². The van der Waals surface area contributed by atoms with Crippen molar-refractivity contribution in [2.45, 2.75) is 18.4 Å². The number of ether oxygens (including phenoxy) is 1. The number of amides is 1. The molecule has 1 saturated heterocycles. The number of benzene rings is 1. The Morgan fingerprint density at radius 1 is 1.37 bits per heavy atom. The van der Waals surface area contributed by atoms with E-state index in [1.165, 1.54) is 0 Å². The summed E-state index contributed by atoms with van der Waals surface area (Å²) < 4.78 is 5.25. The summed E-state index contributed by atoms with van der Waals surface area (Å²) in [5.41, 5.74) is 0.404. The number of aliphatic hydroxyl groups excluding tert-OH is 1. The van der Waals surface area contributed by atoms with E-state index in [4.69, 9.17) is 10.00 Å². The van der Waals surface area contributed by atoms with Gasteiger partial charge >= 0.3 is 0 Å². The van der Waals surface area contributed by atoms with Crippen LogP contribution < -0.4 is 5.32 Å². The Morgan fingerprint density at radius 3 is 2.53 bits per heavy atom. The molecule has 0 unspecified atom stereocenters. The first-order valence-corrected chi connectivity index (χ1v) is 6.20. The molecule has 2 N–H and O–H groups in total. The standard InChI is InChI=1S/C14H16N2O3/c15-9-11-1-3-12(4-2-11)13(18)16-14(10-17)5-7-19-8-6-14/h1-4,17H,5-8,10H2,(H,16,18). The van der Waals surface area contributed by atoms with Gasteiger partial charge in [0.1, 0.15) is 0 Å². The second-order valence-corrected chi connectivity index (χ2v) is 4.69. The largest absolute Gasteiger partial charge is 0.394 e. The number of aliphatic hydroxyl groups is 1. The zero-order valence-electron chi connectivity index (χ0n) is 10.6. The molecule has 5 nitrogen and oxygen atoms in total. The first kappa shape index (κ1) is 13.5. The molecule has 0 saturated carbocycles. The molecule has 0 bridgehead atoms. The molecule has 0 radical (unpaired) electrons. The third-order valence-corrected chi connectivity index (χ3v) is 3.41.